The summed E-state index contributed by atoms with van der Waals surface area (Å²) >= 11 is 0. The average Bonchev–Trinajstić information content (AvgIpc) is 2.53. The molecule has 0 aromatic heterocycles. The number of nitrogens with zero attached hydrogens (tertiary/aromatic N) is 2. The molecule has 1 fully saturated rings. The topological polar surface area (TPSA) is 87.5 Å². The summed E-state index contributed by atoms with van der Waals surface area (Å²) in [6.45, 7) is 3.93. The van der Waals surface area contributed by atoms with Crippen molar-refractivity contribution >= 4 is 17.3 Å². The number of hydrogen-bond donors (Lipinski definition) is 2. The van der Waals surface area contributed by atoms with Crippen molar-refractivity contribution in [1.82, 2.24) is 10.2 Å². The standard InChI is InChI=1S/C15H19F3N4O3/c1-10-9-21(7-6-19-10)14(23)4-5-20-12-3-2-11(15(16,17)18)8-13(12)22(24)25/h2-3,8,10,19-20H,4-7,9H2,1H3. The third-order valence-electron chi connectivity index (χ3n) is 3.90. The molecule has 1 amide bonds. The Hall–Kier alpha value is -2.36. The van der Waals surface area contributed by atoms with Gasteiger partial charge in [-0.05, 0) is 19.1 Å². The van der Waals surface area contributed by atoms with E-state index in [0.29, 0.717) is 25.7 Å². The molecule has 1 aromatic carbocycles. The van der Waals surface area contributed by atoms with Gasteiger partial charge in [-0.3, -0.25) is 14.9 Å². The van der Waals surface area contributed by atoms with Crippen molar-refractivity contribution in [2.24, 2.45) is 0 Å². The van der Waals surface area contributed by atoms with Crippen LogP contribution >= 0.6 is 0 Å². The SMILES string of the molecule is CC1CN(C(=O)CCNc2ccc(C(F)(F)F)cc2[N+](=O)[O-])CCN1. The number of carbonyl (C=O) groups excluding carboxylic acids is 1. The molecule has 1 atom stereocenters. The van der Waals surface area contributed by atoms with Crippen LogP contribution in [-0.2, 0) is 11.0 Å². The molecule has 2 rings (SSSR count). The van der Waals surface area contributed by atoms with E-state index in [1.54, 1.807) is 4.90 Å². The largest absolute Gasteiger partial charge is 0.416 e. The minimum atomic E-state index is -4.65. The number of nitro groups is 1. The van der Waals surface area contributed by atoms with Crippen LogP contribution in [-0.4, -0.2) is 48.0 Å². The number of anilines is 1. The third-order valence-corrected chi connectivity index (χ3v) is 3.90. The summed E-state index contributed by atoms with van der Waals surface area (Å²) in [5, 5.41) is 16.9. The number of nitrogens with one attached hydrogen (secondary N) is 2. The van der Waals surface area contributed by atoms with E-state index >= 15 is 0 Å². The number of amides is 1. The van der Waals surface area contributed by atoms with Crippen LogP contribution in [0.1, 0.15) is 18.9 Å². The van der Waals surface area contributed by atoms with Crippen LogP contribution in [0, 0.1) is 10.1 Å². The maximum Gasteiger partial charge on any atom is 0.416 e. The highest BCUT2D eigenvalue weighted by atomic mass is 19.4. The van der Waals surface area contributed by atoms with Gasteiger partial charge >= 0.3 is 6.18 Å². The van der Waals surface area contributed by atoms with Crippen LogP contribution in [0.4, 0.5) is 24.5 Å². The second kappa shape index (κ2) is 7.68. The summed E-state index contributed by atoms with van der Waals surface area (Å²) in [5.74, 6) is -0.101. The summed E-state index contributed by atoms with van der Waals surface area (Å²) in [6, 6.07) is 2.47. The Bertz CT molecular complexity index is 651. The highest BCUT2D eigenvalue weighted by Gasteiger charge is 2.33. The summed E-state index contributed by atoms with van der Waals surface area (Å²) in [7, 11) is 0. The van der Waals surface area contributed by atoms with Gasteiger partial charge < -0.3 is 15.5 Å². The van der Waals surface area contributed by atoms with E-state index in [2.05, 4.69) is 10.6 Å². The fourth-order valence-electron chi connectivity index (χ4n) is 2.63. The Kier molecular flexibility index (Phi) is 5.83. The zero-order valence-corrected chi connectivity index (χ0v) is 13.6. The van der Waals surface area contributed by atoms with Crippen molar-refractivity contribution in [3.8, 4) is 0 Å². The number of halogens is 3. The van der Waals surface area contributed by atoms with Crippen molar-refractivity contribution in [1.29, 1.82) is 0 Å². The number of alkyl halides is 3. The minimum absolute atomic E-state index is 0.0421. The highest BCUT2D eigenvalue weighted by Crippen LogP contribution is 2.34. The van der Waals surface area contributed by atoms with E-state index in [-0.39, 0.29) is 30.6 Å². The second-order valence-corrected chi connectivity index (χ2v) is 5.86. The van der Waals surface area contributed by atoms with Crippen LogP contribution in [0.3, 0.4) is 0 Å². The first-order valence-corrected chi connectivity index (χ1v) is 7.79. The van der Waals surface area contributed by atoms with Gasteiger partial charge in [-0.15, -0.1) is 0 Å². The zero-order chi connectivity index (χ0) is 18.6. The van der Waals surface area contributed by atoms with E-state index in [9.17, 15) is 28.1 Å². The lowest BCUT2D eigenvalue weighted by Gasteiger charge is -2.32. The van der Waals surface area contributed by atoms with Crippen molar-refractivity contribution in [3.05, 3.63) is 33.9 Å². The Balaban J connectivity index is 1.98. The normalized spacial score (nSPS) is 18.1. The fraction of sp³-hybridized carbons (Fsp3) is 0.533. The maximum atomic E-state index is 12.7. The lowest BCUT2D eigenvalue weighted by atomic mass is 10.1. The number of nitro benzene ring substituents is 1. The van der Waals surface area contributed by atoms with Crippen LogP contribution in [0.5, 0.6) is 0 Å². The van der Waals surface area contributed by atoms with Gasteiger partial charge in [0.25, 0.3) is 5.69 Å². The lowest BCUT2D eigenvalue weighted by Crippen LogP contribution is -2.51. The monoisotopic (exact) mass is 360 g/mol. The number of hydrogen-bond acceptors (Lipinski definition) is 5. The van der Waals surface area contributed by atoms with Crippen LogP contribution in [0.15, 0.2) is 18.2 Å². The molecule has 1 aliphatic heterocycles. The van der Waals surface area contributed by atoms with Gasteiger partial charge in [0, 0.05) is 44.7 Å². The van der Waals surface area contributed by atoms with Crippen molar-refractivity contribution in [2.45, 2.75) is 25.6 Å². The van der Waals surface area contributed by atoms with Crippen LogP contribution in [0.2, 0.25) is 0 Å². The summed E-state index contributed by atoms with van der Waals surface area (Å²) in [4.78, 5) is 23.9. The molecule has 1 unspecified atom stereocenters. The van der Waals surface area contributed by atoms with Gasteiger partial charge in [0.1, 0.15) is 5.69 Å². The molecule has 1 aliphatic rings. The molecular weight excluding hydrogens is 341 g/mol. The van der Waals surface area contributed by atoms with E-state index in [0.717, 1.165) is 12.1 Å². The van der Waals surface area contributed by atoms with Gasteiger partial charge in [-0.2, -0.15) is 13.2 Å². The quantitative estimate of drug-likeness (QED) is 0.621. The summed E-state index contributed by atoms with van der Waals surface area (Å²) < 4.78 is 38.0. The molecule has 0 saturated carbocycles. The Labute approximate surface area is 142 Å². The van der Waals surface area contributed by atoms with Crippen molar-refractivity contribution in [2.75, 3.05) is 31.5 Å². The Morgan fingerprint density at radius 1 is 1.48 bits per heavy atom. The van der Waals surface area contributed by atoms with E-state index in [1.165, 1.54) is 0 Å². The summed E-state index contributed by atoms with van der Waals surface area (Å²) in [5.41, 5.74) is -1.80. The molecule has 1 saturated heterocycles. The van der Waals surface area contributed by atoms with Gasteiger partial charge in [-0.1, -0.05) is 0 Å². The second-order valence-electron chi connectivity index (χ2n) is 5.86. The molecule has 0 radical (unpaired) electrons. The van der Waals surface area contributed by atoms with Crippen LogP contribution in [0.25, 0.3) is 0 Å². The number of benzene rings is 1. The van der Waals surface area contributed by atoms with Crippen molar-refractivity contribution < 1.29 is 22.9 Å². The molecule has 138 valence electrons. The van der Waals surface area contributed by atoms with E-state index in [4.69, 9.17) is 0 Å². The number of piperazine rings is 1. The molecular formula is C15H19F3N4O3. The Morgan fingerprint density at radius 3 is 2.80 bits per heavy atom. The molecule has 10 heteroatoms. The number of carbonyl (C=O) groups is 1. The lowest BCUT2D eigenvalue weighted by molar-refractivity contribution is -0.384. The predicted octanol–water partition coefficient (Wildman–Crippen LogP) is 2.24. The first-order valence-electron chi connectivity index (χ1n) is 7.79. The van der Waals surface area contributed by atoms with E-state index in [1.807, 2.05) is 6.92 Å². The Morgan fingerprint density at radius 2 is 2.20 bits per heavy atom. The maximum absolute atomic E-state index is 12.7. The van der Waals surface area contributed by atoms with Gasteiger partial charge in [-0.25, -0.2) is 0 Å². The zero-order valence-electron chi connectivity index (χ0n) is 13.6. The van der Waals surface area contributed by atoms with Gasteiger partial charge in [0.15, 0.2) is 0 Å². The third kappa shape index (κ3) is 5.05. The van der Waals surface area contributed by atoms with Gasteiger partial charge in [0.05, 0.1) is 10.5 Å². The average molecular weight is 360 g/mol. The minimum Gasteiger partial charge on any atom is -0.379 e. The van der Waals surface area contributed by atoms with Crippen molar-refractivity contribution in [3.63, 3.8) is 0 Å². The summed E-state index contributed by atoms with van der Waals surface area (Å²) in [6.07, 6.45) is -4.55. The van der Waals surface area contributed by atoms with Crippen LogP contribution < -0.4 is 10.6 Å². The van der Waals surface area contributed by atoms with E-state index < -0.39 is 22.4 Å². The predicted molar refractivity (Wildman–Crippen MR) is 85.2 cm³/mol. The number of rotatable bonds is 5. The first kappa shape index (κ1) is 19.0. The molecule has 2 N–H and O–H groups in total. The molecule has 0 spiro atoms. The highest BCUT2D eigenvalue weighted by molar-refractivity contribution is 5.77. The molecule has 0 aliphatic carbocycles. The molecule has 1 aromatic rings. The molecule has 25 heavy (non-hydrogen) atoms. The molecule has 1 heterocycles. The smallest absolute Gasteiger partial charge is 0.379 e. The van der Waals surface area contributed by atoms with Gasteiger partial charge in [0.2, 0.25) is 5.91 Å². The molecule has 0 bridgehead atoms. The first-order chi connectivity index (χ1) is 11.7. The molecule has 7 nitrogen and oxygen atoms in total. The fourth-order valence-corrected chi connectivity index (χ4v) is 2.63.